The van der Waals surface area contributed by atoms with Gasteiger partial charge in [-0.3, -0.25) is 4.79 Å². The minimum absolute atomic E-state index is 0.0656. The number of methoxy groups -OCH3 is 1. The van der Waals surface area contributed by atoms with Crippen molar-refractivity contribution >= 4 is 29.2 Å². The van der Waals surface area contributed by atoms with Gasteiger partial charge in [0.2, 0.25) is 0 Å². The number of phenols is 1. The molecular weight excluding hydrogens is 406 g/mol. The van der Waals surface area contributed by atoms with E-state index in [9.17, 15) is 14.3 Å². The van der Waals surface area contributed by atoms with E-state index in [1.807, 2.05) is 13.8 Å². The standard InChI is InChI=1S/C21H23Cl2FO4/c1-12(2)20-18(25)7-6-13(21(20)24)9-15-16(22)10-14(11-17(15)23)28-8-4-5-19(26)27-3/h6-7,10-12,25H,4-5,8-9H2,1-3H3. The van der Waals surface area contributed by atoms with Crippen molar-refractivity contribution in [3.05, 3.63) is 56.8 Å². The second-order valence-corrected chi connectivity index (χ2v) is 7.51. The number of hydrogen-bond acceptors (Lipinski definition) is 4. The van der Waals surface area contributed by atoms with Crippen molar-refractivity contribution in [1.29, 1.82) is 0 Å². The summed E-state index contributed by atoms with van der Waals surface area (Å²) < 4.78 is 24.9. The highest BCUT2D eigenvalue weighted by Crippen LogP contribution is 2.35. The van der Waals surface area contributed by atoms with Gasteiger partial charge in [-0.1, -0.05) is 43.1 Å². The first-order chi connectivity index (χ1) is 13.2. The zero-order chi connectivity index (χ0) is 20.8. The molecule has 0 radical (unpaired) electrons. The van der Waals surface area contributed by atoms with Crippen LogP contribution < -0.4 is 4.74 Å². The molecule has 152 valence electrons. The topological polar surface area (TPSA) is 55.8 Å². The lowest BCUT2D eigenvalue weighted by Gasteiger charge is -2.15. The highest BCUT2D eigenvalue weighted by Gasteiger charge is 2.18. The van der Waals surface area contributed by atoms with Crippen LogP contribution in [0, 0.1) is 5.82 Å². The predicted octanol–water partition coefficient (Wildman–Crippen LogP) is 5.88. The van der Waals surface area contributed by atoms with Crippen LogP contribution in [0.25, 0.3) is 0 Å². The smallest absolute Gasteiger partial charge is 0.305 e. The number of halogens is 3. The molecule has 0 bridgehead atoms. The quantitative estimate of drug-likeness (QED) is 0.420. The van der Waals surface area contributed by atoms with Gasteiger partial charge in [-0.15, -0.1) is 0 Å². The van der Waals surface area contributed by atoms with Crippen molar-refractivity contribution in [2.45, 2.75) is 39.0 Å². The third-order valence-corrected chi connectivity index (χ3v) is 4.99. The number of carbonyl (C=O) groups excluding carboxylic acids is 1. The van der Waals surface area contributed by atoms with Gasteiger partial charge in [0, 0.05) is 28.5 Å². The Morgan fingerprint density at radius 1 is 1.21 bits per heavy atom. The highest BCUT2D eigenvalue weighted by atomic mass is 35.5. The van der Waals surface area contributed by atoms with Crippen molar-refractivity contribution in [1.82, 2.24) is 0 Å². The molecule has 0 atom stereocenters. The third kappa shape index (κ3) is 5.52. The summed E-state index contributed by atoms with van der Waals surface area (Å²) in [6, 6.07) is 6.24. The Kier molecular flexibility index (Phi) is 7.96. The Morgan fingerprint density at radius 2 is 1.86 bits per heavy atom. The average Bonchev–Trinajstić information content (AvgIpc) is 2.63. The van der Waals surface area contributed by atoms with Crippen molar-refractivity contribution in [2.75, 3.05) is 13.7 Å². The molecule has 1 N–H and O–H groups in total. The lowest BCUT2D eigenvalue weighted by Crippen LogP contribution is -2.05. The van der Waals surface area contributed by atoms with Gasteiger partial charge in [0.25, 0.3) is 0 Å². The molecule has 0 fully saturated rings. The van der Waals surface area contributed by atoms with Gasteiger partial charge >= 0.3 is 5.97 Å². The zero-order valence-electron chi connectivity index (χ0n) is 16.0. The molecule has 0 spiro atoms. The Hall–Kier alpha value is -1.98. The molecule has 0 aliphatic rings. The first kappa shape index (κ1) is 22.3. The molecule has 4 nitrogen and oxygen atoms in total. The number of ether oxygens (including phenoxy) is 2. The van der Waals surface area contributed by atoms with Gasteiger partial charge in [-0.2, -0.15) is 0 Å². The normalized spacial score (nSPS) is 11.0. The van der Waals surface area contributed by atoms with Gasteiger partial charge in [0.05, 0.1) is 13.7 Å². The fourth-order valence-corrected chi connectivity index (χ4v) is 3.45. The average molecular weight is 429 g/mol. The minimum atomic E-state index is -0.453. The fourth-order valence-electron chi connectivity index (χ4n) is 2.84. The van der Waals surface area contributed by atoms with Crippen LogP contribution in [-0.4, -0.2) is 24.8 Å². The van der Waals surface area contributed by atoms with Crippen LogP contribution >= 0.6 is 23.2 Å². The molecule has 0 amide bonds. The van der Waals surface area contributed by atoms with E-state index in [1.165, 1.54) is 19.2 Å². The second kappa shape index (κ2) is 9.99. The number of hydrogen-bond donors (Lipinski definition) is 1. The number of carbonyl (C=O) groups is 1. The highest BCUT2D eigenvalue weighted by molar-refractivity contribution is 6.36. The maximum atomic E-state index is 14.8. The second-order valence-electron chi connectivity index (χ2n) is 6.70. The lowest BCUT2D eigenvalue weighted by atomic mass is 9.95. The molecule has 0 aliphatic carbocycles. The van der Waals surface area contributed by atoms with Crippen molar-refractivity contribution < 1.29 is 23.8 Å². The fraction of sp³-hybridized carbons (Fsp3) is 0.381. The Balaban J connectivity index is 2.16. The maximum absolute atomic E-state index is 14.8. The first-order valence-corrected chi connectivity index (χ1v) is 9.68. The summed E-state index contributed by atoms with van der Waals surface area (Å²) in [5, 5.41) is 10.6. The summed E-state index contributed by atoms with van der Waals surface area (Å²) >= 11 is 12.7. The SMILES string of the molecule is COC(=O)CCCOc1cc(Cl)c(Cc2ccc(O)c(C(C)C)c2F)c(Cl)c1. The number of aromatic hydroxyl groups is 1. The third-order valence-electron chi connectivity index (χ3n) is 4.32. The zero-order valence-corrected chi connectivity index (χ0v) is 17.5. The Bertz CT molecular complexity index is 830. The molecule has 0 aliphatic heterocycles. The molecule has 2 aromatic carbocycles. The molecule has 0 heterocycles. The van der Waals surface area contributed by atoms with Crippen LogP contribution in [0.2, 0.25) is 10.0 Å². The van der Waals surface area contributed by atoms with Crippen LogP contribution in [0.1, 0.15) is 49.3 Å². The van der Waals surface area contributed by atoms with Crippen LogP contribution in [-0.2, 0) is 16.0 Å². The van der Waals surface area contributed by atoms with E-state index < -0.39 is 5.82 Å². The van der Waals surface area contributed by atoms with E-state index in [-0.39, 0.29) is 36.0 Å². The van der Waals surface area contributed by atoms with Crippen LogP contribution in [0.3, 0.4) is 0 Å². The molecule has 0 aromatic heterocycles. The van der Waals surface area contributed by atoms with E-state index in [0.717, 1.165) is 0 Å². The van der Waals surface area contributed by atoms with Gasteiger partial charge < -0.3 is 14.6 Å². The Labute approximate surface area is 174 Å². The molecule has 0 unspecified atom stereocenters. The summed E-state index contributed by atoms with van der Waals surface area (Å²) in [6.07, 6.45) is 0.945. The van der Waals surface area contributed by atoms with Gasteiger partial charge in [0.15, 0.2) is 0 Å². The summed E-state index contributed by atoms with van der Waals surface area (Å²) in [6.45, 7) is 3.94. The molecule has 2 rings (SSSR count). The van der Waals surface area contributed by atoms with Crippen molar-refractivity contribution in [2.24, 2.45) is 0 Å². The van der Waals surface area contributed by atoms with Crippen molar-refractivity contribution in [3.8, 4) is 11.5 Å². The molecule has 28 heavy (non-hydrogen) atoms. The number of rotatable bonds is 8. The van der Waals surface area contributed by atoms with Crippen LogP contribution in [0.5, 0.6) is 11.5 Å². The summed E-state index contributed by atoms with van der Waals surface area (Å²) in [4.78, 5) is 11.1. The maximum Gasteiger partial charge on any atom is 0.305 e. The minimum Gasteiger partial charge on any atom is -0.508 e. The van der Waals surface area contributed by atoms with E-state index >= 15 is 0 Å². The van der Waals surface area contributed by atoms with Crippen LogP contribution in [0.4, 0.5) is 4.39 Å². The number of esters is 1. The van der Waals surface area contributed by atoms with E-state index in [2.05, 4.69) is 4.74 Å². The predicted molar refractivity (Wildman–Crippen MR) is 108 cm³/mol. The van der Waals surface area contributed by atoms with Crippen LogP contribution in [0.15, 0.2) is 24.3 Å². The van der Waals surface area contributed by atoms with E-state index in [0.29, 0.717) is 39.9 Å². The number of phenolic OH excluding ortho intramolecular Hbond substituents is 1. The van der Waals surface area contributed by atoms with Gasteiger partial charge in [-0.05, 0) is 41.7 Å². The Morgan fingerprint density at radius 3 is 2.43 bits per heavy atom. The largest absolute Gasteiger partial charge is 0.508 e. The van der Waals surface area contributed by atoms with Gasteiger partial charge in [0.1, 0.15) is 17.3 Å². The summed E-state index contributed by atoms with van der Waals surface area (Å²) in [5.41, 5.74) is 1.25. The molecule has 2 aromatic rings. The van der Waals surface area contributed by atoms with E-state index in [1.54, 1.807) is 12.1 Å². The molecule has 0 saturated heterocycles. The molecule has 0 saturated carbocycles. The monoisotopic (exact) mass is 428 g/mol. The molecular formula is C21H23Cl2FO4. The first-order valence-electron chi connectivity index (χ1n) is 8.92. The van der Waals surface area contributed by atoms with Crippen molar-refractivity contribution in [3.63, 3.8) is 0 Å². The summed E-state index contributed by atoms with van der Waals surface area (Å²) in [5.74, 6) is -0.509. The summed E-state index contributed by atoms with van der Waals surface area (Å²) in [7, 11) is 1.34. The van der Waals surface area contributed by atoms with E-state index in [4.69, 9.17) is 27.9 Å². The van der Waals surface area contributed by atoms with Gasteiger partial charge in [-0.25, -0.2) is 4.39 Å². The number of benzene rings is 2. The molecule has 7 heteroatoms. The lowest BCUT2D eigenvalue weighted by molar-refractivity contribution is -0.140.